The molecule has 6 atom stereocenters. The van der Waals surface area contributed by atoms with Gasteiger partial charge in [0.2, 0.25) is 24.5 Å². The van der Waals surface area contributed by atoms with E-state index >= 15 is 0 Å². The van der Waals surface area contributed by atoms with Crippen molar-refractivity contribution in [2.75, 3.05) is 20.5 Å². The summed E-state index contributed by atoms with van der Waals surface area (Å²) in [5.74, 6) is -3.06. The van der Waals surface area contributed by atoms with Gasteiger partial charge in [-0.1, -0.05) is 26.0 Å². The zero-order chi connectivity index (χ0) is 39.0. The number of rotatable bonds is 13. The highest BCUT2D eigenvalue weighted by Crippen LogP contribution is 2.52. The Morgan fingerprint density at radius 1 is 0.925 bits per heavy atom. The molecule has 0 aliphatic carbocycles. The highest BCUT2D eigenvalue weighted by molar-refractivity contribution is 8.02. The average molecular weight is 777 g/mol. The van der Waals surface area contributed by atoms with Crippen LogP contribution in [0.15, 0.2) is 29.3 Å². The molecule has 5 rings (SSSR count). The molecule has 0 aromatic heterocycles. The summed E-state index contributed by atoms with van der Waals surface area (Å²) >= 11 is 2.81. The van der Waals surface area contributed by atoms with Crippen LogP contribution in [-0.4, -0.2) is 116 Å². The van der Waals surface area contributed by atoms with Gasteiger partial charge in [-0.05, 0) is 58.2 Å². The lowest BCUT2D eigenvalue weighted by Crippen LogP contribution is -2.71. The van der Waals surface area contributed by atoms with Crippen molar-refractivity contribution in [3.05, 3.63) is 29.8 Å². The second-order valence-electron chi connectivity index (χ2n) is 14.5. The van der Waals surface area contributed by atoms with Gasteiger partial charge >= 0.3 is 24.1 Å². The fraction of sp³-hybridized carbons (Fsp3) is 0.600. The lowest BCUT2D eigenvalue weighted by Gasteiger charge is -2.44. The van der Waals surface area contributed by atoms with Crippen LogP contribution in [0, 0.1) is 5.92 Å². The standard InChI is InChI=1S/C35H44N4O12S2/c1-17(2)15-48-33(46)51-20-11-9-19(10-12-20)24(36-18(3)13-23(41)47-8)28(42)37-25-29(43)39-27(35(6,7)53-30(25)39)32(45)50-16-49-31(44)26-34(4,5)52-22-14-21(40)38(22)26/h9-12,17,22,24-27,30H,13-16H2,1-8H3,(H,37,42)/t22-,24?,25-,26+,27+,30-/m1/s1. The molecule has 4 aliphatic heterocycles. The zero-order valence-electron chi connectivity index (χ0n) is 30.7. The number of amides is 3. The van der Waals surface area contributed by atoms with Gasteiger partial charge in [0.25, 0.3) is 0 Å². The second kappa shape index (κ2) is 15.6. The Balaban J connectivity index is 1.23. The largest absolute Gasteiger partial charge is 0.513 e. The van der Waals surface area contributed by atoms with Crippen molar-refractivity contribution < 1.29 is 57.2 Å². The van der Waals surface area contributed by atoms with Crippen LogP contribution in [-0.2, 0) is 47.7 Å². The summed E-state index contributed by atoms with van der Waals surface area (Å²) in [6.45, 7) is 12.0. The van der Waals surface area contributed by atoms with E-state index in [1.165, 1.54) is 64.7 Å². The van der Waals surface area contributed by atoms with Crippen LogP contribution >= 0.6 is 23.5 Å². The minimum Gasteiger partial charge on any atom is -0.469 e. The van der Waals surface area contributed by atoms with Gasteiger partial charge in [-0.3, -0.25) is 24.2 Å². The van der Waals surface area contributed by atoms with Gasteiger partial charge < -0.3 is 38.8 Å². The van der Waals surface area contributed by atoms with Gasteiger partial charge in [0, 0.05) is 15.2 Å². The summed E-state index contributed by atoms with van der Waals surface area (Å²) in [6, 6.07) is 1.90. The third kappa shape index (κ3) is 8.42. The summed E-state index contributed by atoms with van der Waals surface area (Å²) < 4.78 is 24.2. The molecular formula is C35H44N4O12S2. The van der Waals surface area contributed by atoms with E-state index in [2.05, 4.69) is 10.3 Å². The number of fused-ring (bicyclic) bond motifs is 2. The van der Waals surface area contributed by atoms with Crippen molar-refractivity contribution in [2.45, 2.75) is 106 Å². The van der Waals surface area contributed by atoms with Crippen LogP contribution < -0.4 is 10.1 Å². The molecule has 0 radical (unpaired) electrons. The number of methoxy groups -OCH3 is 1. The molecule has 4 saturated heterocycles. The molecule has 288 valence electrons. The summed E-state index contributed by atoms with van der Waals surface area (Å²) in [4.78, 5) is 97.0. The molecule has 1 aromatic rings. The quantitative estimate of drug-likeness (QED) is 0.0767. The number of esters is 3. The first-order chi connectivity index (χ1) is 24.8. The fourth-order valence-corrected chi connectivity index (χ4v) is 9.77. The first-order valence-corrected chi connectivity index (χ1v) is 18.8. The summed E-state index contributed by atoms with van der Waals surface area (Å²) in [7, 11) is 1.23. The first kappa shape index (κ1) is 39.9. The molecule has 4 aliphatic rings. The minimum absolute atomic E-state index is 0.0884. The van der Waals surface area contributed by atoms with Crippen LogP contribution in [0.3, 0.4) is 0 Å². The van der Waals surface area contributed by atoms with E-state index in [-0.39, 0.29) is 36.0 Å². The fourth-order valence-electron chi connectivity index (χ4n) is 6.53. The normalized spacial score (nSPS) is 25.7. The topological polar surface area (TPSA) is 197 Å². The summed E-state index contributed by atoms with van der Waals surface area (Å²) in [6.07, 6.45) is -0.702. The molecule has 53 heavy (non-hydrogen) atoms. The number of hydrogen-bond acceptors (Lipinski definition) is 15. The number of benzene rings is 1. The van der Waals surface area contributed by atoms with E-state index in [9.17, 15) is 33.6 Å². The molecule has 1 aromatic carbocycles. The number of carbonyl (C=O) groups excluding carboxylic acids is 7. The van der Waals surface area contributed by atoms with Gasteiger partial charge in [-0.2, -0.15) is 0 Å². The Morgan fingerprint density at radius 3 is 2.11 bits per heavy atom. The number of nitrogens with zero attached hydrogens (tertiary/aromatic N) is 3. The third-order valence-electron chi connectivity index (χ3n) is 9.07. The smallest absolute Gasteiger partial charge is 0.469 e. The number of aliphatic imine (C=N–C) groups is 1. The predicted molar refractivity (Wildman–Crippen MR) is 192 cm³/mol. The Labute approximate surface area is 315 Å². The summed E-state index contributed by atoms with van der Waals surface area (Å²) in [5.41, 5.74) is 0.671. The Bertz CT molecular complexity index is 1700. The Kier molecular flexibility index (Phi) is 11.7. The van der Waals surface area contributed by atoms with Gasteiger partial charge in [-0.25, -0.2) is 14.4 Å². The number of ether oxygens (including phenoxy) is 5. The maximum absolute atomic E-state index is 13.8. The van der Waals surface area contributed by atoms with Crippen LogP contribution in [0.1, 0.15) is 72.9 Å². The summed E-state index contributed by atoms with van der Waals surface area (Å²) in [5, 5.41) is 2.05. The van der Waals surface area contributed by atoms with Crippen molar-refractivity contribution >= 4 is 71.0 Å². The van der Waals surface area contributed by atoms with E-state index in [1.54, 1.807) is 20.8 Å². The predicted octanol–water partition coefficient (Wildman–Crippen LogP) is 2.97. The zero-order valence-corrected chi connectivity index (χ0v) is 32.4. The van der Waals surface area contributed by atoms with Crippen molar-refractivity contribution in [3.63, 3.8) is 0 Å². The van der Waals surface area contributed by atoms with Gasteiger partial charge in [0.05, 0.1) is 31.9 Å². The molecule has 18 heteroatoms. The highest BCUT2D eigenvalue weighted by Gasteiger charge is 2.65. The highest BCUT2D eigenvalue weighted by atomic mass is 32.2. The van der Waals surface area contributed by atoms with Crippen LogP contribution in [0.2, 0.25) is 0 Å². The van der Waals surface area contributed by atoms with Crippen molar-refractivity contribution in [1.29, 1.82) is 0 Å². The van der Waals surface area contributed by atoms with E-state index in [0.717, 1.165) is 0 Å². The third-order valence-corrected chi connectivity index (χ3v) is 12.1. The molecule has 0 bridgehead atoms. The van der Waals surface area contributed by atoms with E-state index in [1.807, 2.05) is 27.7 Å². The maximum atomic E-state index is 13.8. The molecular weight excluding hydrogens is 733 g/mol. The van der Waals surface area contributed by atoms with Gasteiger partial charge in [0.15, 0.2) is 6.04 Å². The van der Waals surface area contributed by atoms with Crippen LogP contribution in [0.25, 0.3) is 0 Å². The number of β-lactam (4-membered cyclic amide) rings is 2. The first-order valence-electron chi connectivity index (χ1n) is 17.0. The van der Waals surface area contributed by atoms with E-state index in [0.29, 0.717) is 17.7 Å². The molecule has 3 amide bonds. The van der Waals surface area contributed by atoms with Crippen molar-refractivity contribution in [2.24, 2.45) is 10.9 Å². The van der Waals surface area contributed by atoms with Crippen molar-refractivity contribution in [1.82, 2.24) is 15.1 Å². The van der Waals surface area contributed by atoms with E-state index < -0.39 is 81.7 Å². The Hall–Kier alpha value is -4.32. The number of carbonyl (C=O) groups is 7. The van der Waals surface area contributed by atoms with Gasteiger partial charge in [0.1, 0.15) is 29.2 Å². The maximum Gasteiger partial charge on any atom is 0.513 e. The molecule has 0 spiro atoms. The second-order valence-corrected chi connectivity index (χ2v) is 18.1. The lowest BCUT2D eigenvalue weighted by molar-refractivity contribution is -0.181. The monoisotopic (exact) mass is 776 g/mol. The molecule has 1 N–H and O–H groups in total. The lowest BCUT2D eigenvalue weighted by atomic mass is 9.95. The SMILES string of the molecule is COC(=O)CC(C)=NC(C(=O)N[C@@H]1C(=O)N2[C@@H]1SC(C)(C)[C@@H]2C(=O)OCOC(=O)[C@@H]1N2C(=O)C[C@H]2SC1(C)C)c1ccc(OC(=O)OCC(C)C)cc1. The number of nitrogens with one attached hydrogen (secondary N) is 1. The van der Waals surface area contributed by atoms with Crippen molar-refractivity contribution in [3.8, 4) is 5.75 Å². The number of hydrogen-bond donors (Lipinski definition) is 1. The van der Waals surface area contributed by atoms with Crippen LogP contribution in [0.4, 0.5) is 4.79 Å². The van der Waals surface area contributed by atoms with Gasteiger partial charge in [-0.15, -0.1) is 23.5 Å². The van der Waals surface area contributed by atoms with Crippen LogP contribution in [0.5, 0.6) is 5.75 Å². The van der Waals surface area contributed by atoms with E-state index in [4.69, 9.17) is 23.7 Å². The number of thioether (sulfide) groups is 2. The molecule has 4 heterocycles. The molecule has 4 fully saturated rings. The average Bonchev–Trinajstić information content (AvgIpc) is 3.47. The molecule has 1 unspecified atom stereocenters. The molecule has 0 saturated carbocycles. The minimum atomic E-state index is -1.21. The Morgan fingerprint density at radius 2 is 1.53 bits per heavy atom. The molecule has 16 nitrogen and oxygen atoms in total.